The van der Waals surface area contributed by atoms with Crippen LogP contribution in [0.4, 0.5) is 4.79 Å². The molecule has 2 aliphatic heterocycles. The molecule has 6 heteroatoms. The van der Waals surface area contributed by atoms with Gasteiger partial charge in [0.2, 0.25) is 0 Å². The Hall–Kier alpha value is -0.850. The van der Waals surface area contributed by atoms with E-state index in [1.54, 1.807) is 0 Å². The van der Waals surface area contributed by atoms with Crippen molar-refractivity contribution in [3.8, 4) is 0 Å². The first-order valence-electron chi connectivity index (χ1n) is 15.2. The van der Waals surface area contributed by atoms with Gasteiger partial charge < -0.3 is 9.47 Å². The van der Waals surface area contributed by atoms with Gasteiger partial charge in [-0.3, -0.25) is 9.74 Å². The van der Waals surface area contributed by atoms with E-state index in [9.17, 15) is 4.79 Å². The van der Waals surface area contributed by atoms with Crippen molar-refractivity contribution in [3.05, 3.63) is 0 Å². The molecule has 0 radical (unpaired) electrons. The van der Waals surface area contributed by atoms with E-state index in [-0.39, 0.29) is 34.4 Å². The lowest BCUT2D eigenvalue weighted by Gasteiger charge is -2.53. The van der Waals surface area contributed by atoms with Crippen molar-refractivity contribution < 1.29 is 19.1 Å². The van der Waals surface area contributed by atoms with E-state index in [2.05, 4.69) is 79.3 Å². The summed E-state index contributed by atoms with van der Waals surface area (Å²) < 4.78 is 11.8. The van der Waals surface area contributed by atoms with Gasteiger partial charge in [-0.05, 0) is 68.9 Å². The molecule has 37 heavy (non-hydrogen) atoms. The highest BCUT2D eigenvalue weighted by atomic mass is 16.7. The van der Waals surface area contributed by atoms with Gasteiger partial charge in [-0.1, -0.05) is 58.3 Å². The number of unbranched alkanes of at least 4 members (excludes halogenated alkanes) is 8. The van der Waals surface area contributed by atoms with Crippen LogP contribution in [0.25, 0.3) is 0 Å². The lowest BCUT2D eigenvalue weighted by Crippen LogP contribution is -2.62. The second-order valence-corrected chi connectivity index (χ2v) is 14.3. The molecule has 0 spiro atoms. The third-order valence-electron chi connectivity index (χ3n) is 8.82. The van der Waals surface area contributed by atoms with Gasteiger partial charge in [0.05, 0.1) is 6.61 Å². The Balaban J connectivity index is 1.78. The number of piperidine rings is 2. The number of hydroxylamine groups is 2. The monoisotopic (exact) mass is 524 g/mol. The molecule has 218 valence electrons. The average molecular weight is 525 g/mol. The third kappa shape index (κ3) is 9.69. The van der Waals surface area contributed by atoms with Crippen molar-refractivity contribution in [2.75, 3.05) is 13.7 Å². The molecule has 0 saturated carbocycles. The molecule has 6 nitrogen and oxygen atoms in total. The van der Waals surface area contributed by atoms with Crippen LogP contribution in [0, 0.1) is 0 Å². The van der Waals surface area contributed by atoms with E-state index in [1.165, 1.54) is 51.4 Å². The van der Waals surface area contributed by atoms with E-state index in [4.69, 9.17) is 14.3 Å². The number of hydrogen-bond donors (Lipinski definition) is 0. The number of ether oxygens (including phenoxy) is 2. The number of likely N-dealkylation sites (tertiary alicyclic amines) is 1. The van der Waals surface area contributed by atoms with E-state index >= 15 is 0 Å². The molecule has 2 rings (SSSR count). The Labute approximate surface area is 229 Å². The minimum Gasteiger partial charge on any atom is -0.431 e. The zero-order valence-corrected chi connectivity index (χ0v) is 26.1. The molecule has 2 aliphatic rings. The molecule has 0 amide bonds. The predicted molar refractivity (Wildman–Crippen MR) is 153 cm³/mol. The van der Waals surface area contributed by atoms with E-state index in [1.807, 2.05) is 0 Å². The van der Waals surface area contributed by atoms with Gasteiger partial charge in [0.15, 0.2) is 0 Å². The van der Waals surface area contributed by atoms with Gasteiger partial charge in [-0.25, -0.2) is 4.79 Å². The van der Waals surface area contributed by atoms with Gasteiger partial charge in [-0.15, -0.1) is 0 Å². The molecule has 0 unspecified atom stereocenters. The second-order valence-electron chi connectivity index (χ2n) is 14.3. The lowest BCUT2D eigenvalue weighted by molar-refractivity contribution is -0.293. The molecular formula is C31H60N2O4. The van der Waals surface area contributed by atoms with Gasteiger partial charge in [0.25, 0.3) is 0 Å². The molecule has 0 aromatic rings. The highest BCUT2D eigenvalue weighted by Crippen LogP contribution is 2.41. The van der Waals surface area contributed by atoms with E-state index in [0.717, 1.165) is 38.7 Å². The highest BCUT2D eigenvalue weighted by molar-refractivity contribution is 5.60. The topological polar surface area (TPSA) is 51.2 Å². The van der Waals surface area contributed by atoms with Gasteiger partial charge in [0.1, 0.15) is 12.2 Å². The molecule has 0 aromatic carbocycles. The van der Waals surface area contributed by atoms with Gasteiger partial charge in [0, 0.05) is 47.8 Å². The quantitative estimate of drug-likeness (QED) is 0.178. The summed E-state index contributed by atoms with van der Waals surface area (Å²) in [5, 5.41) is 2.16. The van der Waals surface area contributed by atoms with Crippen LogP contribution in [0.1, 0.15) is 146 Å². The van der Waals surface area contributed by atoms with E-state index < -0.39 is 6.16 Å². The summed E-state index contributed by atoms with van der Waals surface area (Å²) in [5.74, 6) is 0. The van der Waals surface area contributed by atoms with Crippen LogP contribution >= 0.6 is 0 Å². The molecule has 0 N–H and O–H groups in total. The number of hydrogen-bond acceptors (Lipinski definition) is 6. The number of nitrogens with zero attached hydrogens (tertiary/aromatic N) is 2. The van der Waals surface area contributed by atoms with Gasteiger partial charge >= 0.3 is 6.16 Å². The molecule has 2 saturated heterocycles. The maximum Gasteiger partial charge on any atom is 0.508 e. The molecular weight excluding hydrogens is 464 g/mol. The van der Waals surface area contributed by atoms with Crippen molar-refractivity contribution in [1.82, 2.24) is 9.96 Å². The summed E-state index contributed by atoms with van der Waals surface area (Å²) in [6, 6.07) is 0. The largest absolute Gasteiger partial charge is 0.508 e. The van der Waals surface area contributed by atoms with Crippen LogP contribution in [-0.4, -0.2) is 64.1 Å². The molecule has 2 fully saturated rings. The number of rotatable bonds is 13. The Bertz CT molecular complexity index is 667. The first-order chi connectivity index (χ1) is 17.1. The lowest BCUT2D eigenvalue weighted by atomic mass is 9.79. The van der Waals surface area contributed by atoms with Crippen LogP contribution < -0.4 is 0 Å². The molecule has 0 atom stereocenters. The van der Waals surface area contributed by atoms with Crippen LogP contribution in [0.5, 0.6) is 0 Å². The third-order valence-corrected chi connectivity index (χ3v) is 8.82. The molecule has 2 heterocycles. The fourth-order valence-electron chi connectivity index (χ4n) is 6.84. The molecule has 0 aromatic heterocycles. The normalized spacial score (nSPS) is 24.2. The second kappa shape index (κ2) is 13.5. The SMILES string of the molecule is CCCCCCCCCCCON1C(C)(C)CC(OC(=O)OC2CC(C)(C)N(C)C(C)(C)C2)CC1(C)C. The Morgan fingerprint density at radius 1 is 0.649 bits per heavy atom. The first kappa shape index (κ1) is 32.4. The predicted octanol–water partition coefficient (Wildman–Crippen LogP) is 8.28. The maximum atomic E-state index is 12.9. The van der Waals surface area contributed by atoms with Gasteiger partial charge in [-0.2, -0.15) is 5.06 Å². The minimum atomic E-state index is -0.526. The van der Waals surface area contributed by atoms with Crippen LogP contribution in [0.15, 0.2) is 0 Å². The summed E-state index contributed by atoms with van der Waals surface area (Å²) in [5.41, 5.74) is -0.533. The first-order valence-corrected chi connectivity index (χ1v) is 15.2. The Morgan fingerprint density at radius 2 is 1.03 bits per heavy atom. The minimum absolute atomic E-state index is 0.0337. The summed E-state index contributed by atoms with van der Waals surface area (Å²) in [7, 11) is 2.16. The summed E-state index contributed by atoms with van der Waals surface area (Å²) in [6.45, 7) is 20.6. The fraction of sp³-hybridized carbons (Fsp3) is 0.968. The fourth-order valence-corrected chi connectivity index (χ4v) is 6.84. The maximum absolute atomic E-state index is 12.9. The average Bonchev–Trinajstić information content (AvgIpc) is 2.73. The van der Waals surface area contributed by atoms with Crippen LogP contribution in [0.3, 0.4) is 0 Å². The summed E-state index contributed by atoms with van der Waals surface area (Å²) >= 11 is 0. The zero-order valence-electron chi connectivity index (χ0n) is 26.1. The summed E-state index contributed by atoms with van der Waals surface area (Å²) in [4.78, 5) is 21.6. The highest BCUT2D eigenvalue weighted by Gasteiger charge is 2.49. The smallest absolute Gasteiger partial charge is 0.431 e. The number of carbonyl (C=O) groups excluding carboxylic acids is 1. The zero-order chi connectivity index (χ0) is 27.9. The van der Waals surface area contributed by atoms with Crippen molar-refractivity contribution in [2.24, 2.45) is 0 Å². The van der Waals surface area contributed by atoms with Crippen LogP contribution in [-0.2, 0) is 14.3 Å². The van der Waals surface area contributed by atoms with E-state index in [0.29, 0.717) is 0 Å². The summed E-state index contributed by atoms with van der Waals surface area (Å²) in [6.07, 6.45) is 14.0. The molecule has 0 bridgehead atoms. The van der Waals surface area contributed by atoms with Crippen LogP contribution in [0.2, 0.25) is 0 Å². The molecule has 0 aliphatic carbocycles. The Morgan fingerprint density at radius 3 is 1.46 bits per heavy atom. The van der Waals surface area contributed by atoms with Crippen molar-refractivity contribution in [1.29, 1.82) is 0 Å². The standard InChI is InChI=1S/C31H60N2O4/c1-11-12-13-14-15-16-17-18-19-20-35-33-30(6,7)23-26(24-31(33,8)9)37-27(34)36-25-21-28(2,3)32(10)29(4,5)22-25/h25-26H,11-24H2,1-10H3. The van der Waals surface area contributed by atoms with Crippen molar-refractivity contribution in [3.63, 3.8) is 0 Å². The van der Waals surface area contributed by atoms with Crippen molar-refractivity contribution in [2.45, 2.75) is 180 Å². The Kier molecular flexibility index (Phi) is 11.8. The van der Waals surface area contributed by atoms with Crippen molar-refractivity contribution >= 4 is 6.16 Å². The number of carbonyl (C=O) groups is 1.